The molecule has 0 aromatic heterocycles. The zero-order valence-corrected chi connectivity index (χ0v) is 6.38. The van der Waals surface area contributed by atoms with Crippen molar-refractivity contribution in [3.8, 4) is 0 Å². The lowest BCUT2D eigenvalue weighted by atomic mass is 10.4. The molecule has 0 amide bonds. The molecule has 1 rings (SSSR count). The van der Waals surface area contributed by atoms with E-state index in [2.05, 4.69) is 0 Å². The van der Waals surface area contributed by atoms with Gasteiger partial charge in [0.05, 0.1) is 13.2 Å². The van der Waals surface area contributed by atoms with Gasteiger partial charge in [-0.2, -0.15) is 0 Å². The first-order chi connectivity index (χ1) is 4.83. The van der Waals surface area contributed by atoms with E-state index in [4.69, 9.17) is 16.3 Å². The molecule has 10 heavy (non-hydrogen) atoms. The number of carbonyl (C=O) groups is 1. The predicted octanol–water partition coefficient (Wildman–Crippen LogP) is 0.0824. The van der Waals surface area contributed by atoms with Gasteiger partial charge in [0.1, 0.15) is 11.8 Å². The largest absolute Gasteiger partial charge is 0.360 e. The molecular formula is C6H10ClNO2. The van der Waals surface area contributed by atoms with E-state index in [9.17, 15) is 4.79 Å². The zero-order valence-electron chi connectivity index (χ0n) is 5.62. The van der Waals surface area contributed by atoms with Crippen LogP contribution in [-0.4, -0.2) is 43.0 Å². The van der Waals surface area contributed by atoms with Crippen molar-refractivity contribution in [3.05, 3.63) is 0 Å². The molecule has 1 aliphatic rings. The number of hydrogen-bond acceptors (Lipinski definition) is 3. The molecule has 58 valence electrons. The van der Waals surface area contributed by atoms with Crippen molar-refractivity contribution in [1.82, 2.24) is 4.90 Å². The SMILES string of the molecule is O=CCN1CCOC(Cl)C1. The van der Waals surface area contributed by atoms with E-state index in [0.29, 0.717) is 19.7 Å². The Hall–Kier alpha value is -0.120. The first-order valence-corrected chi connectivity index (χ1v) is 3.68. The van der Waals surface area contributed by atoms with E-state index in [1.165, 1.54) is 0 Å². The van der Waals surface area contributed by atoms with E-state index < -0.39 is 0 Å². The second kappa shape index (κ2) is 3.91. The summed E-state index contributed by atoms with van der Waals surface area (Å²) >= 11 is 5.67. The van der Waals surface area contributed by atoms with Gasteiger partial charge in [0.25, 0.3) is 0 Å². The second-order valence-electron chi connectivity index (χ2n) is 2.21. The van der Waals surface area contributed by atoms with Crippen LogP contribution >= 0.6 is 11.6 Å². The van der Waals surface area contributed by atoms with Crippen LogP contribution in [0.5, 0.6) is 0 Å². The van der Waals surface area contributed by atoms with Crippen LogP contribution < -0.4 is 0 Å². The van der Waals surface area contributed by atoms with E-state index >= 15 is 0 Å². The quantitative estimate of drug-likeness (QED) is 0.427. The minimum Gasteiger partial charge on any atom is -0.360 e. The number of alkyl halides is 1. The highest BCUT2D eigenvalue weighted by Gasteiger charge is 2.16. The van der Waals surface area contributed by atoms with Gasteiger partial charge in [-0.3, -0.25) is 4.90 Å². The molecule has 0 bridgehead atoms. The third kappa shape index (κ3) is 2.25. The van der Waals surface area contributed by atoms with Gasteiger partial charge < -0.3 is 9.53 Å². The third-order valence-electron chi connectivity index (χ3n) is 1.44. The number of halogens is 1. The summed E-state index contributed by atoms with van der Waals surface area (Å²) in [5.74, 6) is 0. The predicted molar refractivity (Wildman–Crippen MR) is 38.1 cm³/mol. The number of morpholine rings is 1. The van der Waals surface area contributed by atoms with Gasteiger partial charge in [-0.1, -0.05) is 11.6 Å². The lowest BCUT2D eigenvalue weighted by Gasteiger charge is -2.27. The van der Waals surface area contributed by atoms with Gasteiger partial charge in [-0.15, -0.1) is 0 Å². The fraction of sp³-hybridized carbons (Fsp3) is 0.833. The lowest BCUT2D eigenvalue weighted by Crippen LogP contribution is -2.40. The number of nitrogens with zero attached hydrogens (tertiary/aromatic N) is 1. The molecule has 1 aliphatic heterocycles. The smallest absolute Gasteiger partial charge is 0.143 e. The summed E-state index contributed by atoms with van der Waals surface area (Å²) in [6.07, 6.45) is 0.884. The van der Waals surface area contributed by atoms with Crippen molar-refractivity contribution in [3.63, 3.8) is 0 Å². The maximum atomic E-state index is 10.1. The summed E-state index contributed by atoms with van der Waals surface area (Å²) in [6.45, 7) is 2.55. The maximum absolute atomic E-state index is 10.1. The Kier molecular flexibility index (Phi) is 3.12. The maximum Gasteiger partial charge on any atom is 0.143 e. The average molecular weight is 164 g/mol. The first-order valence-electron chi connectivity index (χ1n) is 3.24. The Balaban J connectivity index is 2.24. The molecule has 0 saturated carbocycles. The van der Waals surface area contributed by atoms with Crippen LogP contribution in [0.2, 0.25) is 0 Å². The zero-order chi connectivity index (χ0) is 7.40. The van der Waals surface area contributed by atoms with Crippen LogP contribution in [-0.2, 0) is 9.53 Å². The van der Waals surface area contributed by atoms with Gasteiger partial charge in [-0.05, 0) is 0 Å². The number of hydrogen-bond donors (Lipinski definition) is 0. The molecule has 0 spiro atoms. The standard InChI is InChI=1S/C6H10ClNO2/c7-6-5-8(1-3-9)2-4-10-6/h3,6H,1-2,4-5H2. The normalized spacial score (nSPS) is 28.3. The van der Waals surface area contributed by atoms with Crippen molar-refractivity contribution < 1.29 is 9.53 Å². The van der Waals surface area contributed by atoms with Crippen LogP contribution in [0.15, 0.2) is 0 Å². The summed E-state index contributed by atoms with van der Waals surface area (Å²) in [7, 11) is 0. The van der Waals surface area contributed by atoms with Crippen LogP contribution in [0.3, 0.4) is 0 Å². The summed E-state index contributed by atoms with van der Waals surface area (Å²) in [5, 5.41) is 0. The minimum absolute atomic E-state index is 0.242. The van der Waals surface area contributed by atoms with Gasteiger partial charge >= 0.3 is 0 Å². The molecule has 1 heterocycles. The van der Waals surface area contributed by atoms with Gasteiger partial charge in [-0.25, -0.2) is 0 Å². The summed E-state index contributed by atoms with van der Waals surface area (Å²) in [6, 6.07) is 0. The molecule has 0 aliphatic carbocycles. The van der Waals surface area contributed by atoms with Crippen molar-refractivity contribution >= 4 is 17.9 Å². The van der Waals surface area contributed by atoms with E-state index in [1.807, 2.05) is 4.90 Å². The number of rotatable bonds is 2. The number of carbonyl (C=O) groups excluding carboxylic acids is 1. The highest BCUT2D eigenvalue weighted by atomic mass is 35.5. The Morgan fingerprint density at radius 2 is 2.60 bits per heavy atom. The number of ether oxygens (including phenoxy) is 1. The Morgan fingerprint density at radius 1 is 1.80 bits per heavy atom. The van der Waals surface area contributed by atoms with Gasteiger partial charge in [0, 0.05) is 13.1 Å². The van der Waals surface area contributed by atoms with Crippen LogP contribution in [0.4, 0.5) is 0 Å². The molecule has 0 radical (unpaired) electrons. The van der Waals surface area contributed by atoms with Gasteiger partial charge in [0.15, 0.2) is 0 Å². The Bertz CT molecular complexity index is 120. The van der Waals surface area contributed by atoms with Crippen LogP contribution in [0, 0.1) is 0 Å². The van der Waals surface area contributed by atoms with Crippen molar-refractivity contribution in [2.45, 2.75) is 5.56 Å². The topological polar surface area (TPSA) is 29.5 Å². The molecule has 3 nitrogen and oxygen atoms in total. The van der Waals surface area contributed by atoms with Crippen LogP contribution in [0.1, 0.15) is 0 Å². The fourth-order valence-electron chi connectivity index (χ4n) is 0.928. The van der Waals surface area contributed by atoms with Gasteiger partial charge in [0.2, 0.25) is 0 Å². The van der Waals surface area contributed by atoms with E-state index in [1.54, 1.807) is 0 Å². The third-order valence-corrected chi connectivity index (χ3v) is 1.70. The van der Waals surface area contributed by atoms with E-state index in [-0.39, 0.29) is 5.56 Å². The van der Waals surface area contributed by atoms with Crippen molar-refractivity contribution in [1.29, 1.82) is 0 Å². The molecule has 0 aromatic rings. The second-order valence-corrected chi connectivity index (χ2v) is 2.69. The first kappa shape index (κ1) is 7.98. The fourth-order valence-corrected chi connectivity index (χ4v) is 1.21. The summed E-state index contributed by atoms with van der Waals surface area (Å²) < 4.78 is 5.06. The molecule has 0 aromatic carbocycles. The highest BCUT2D eigenvalue weighted by Crippen LogP contribution is 2.06. The van der Waals surface area contributed by atoms with Crippen LogP contribution in [0.25, 0.3) is 0 Å². The monoisotopic (exact) mass is 163 g/mol. The molecule has 1 fully saturated rings. The van der Waals surface area contributed by atoms with E-state index in [0.717, 1.165) is 12.8 Å². The Labute approximate surface area is 64.9 Å². The molecular weight excluding hydrogens is 154 g/mol. The molecule has 0 N–H and O–H groups in total. The number of aldehydes is 1. The minimum atomic E-state index is -0.242. The molecule has 1 saturated heterocycles. The summed E-state index contributed by atoms with van der Waals surface area (Å²) in [4.78, 5) is 12.0. The molecule has 4 heteroatoms. The summed E-state index contributed by atoms with van der Waals surface area (Å²) in [5.41, 5.74) is -0.242. The van der Waals surface area contributed by atoms with Crippen molar-refractivity contribution in [2.75, 3.05) is 26.2 Å². The van der Waals surface area contributed by atoms with Crippen molar-refractivity contribution in [2.24, 2.45) is 0 Å². The average Bonchev–Trinajstić information content (AvgIpc) is 1.88. The molecule has 1 unspecified atom stereocenters. The Morgan fingerprint density at radius 3 is 3.20 bits per heavy atom. The lowest BCUT2D eigenvalue weighted by molar-refractivity contribution is -0.110. The highest BCUT2D eigenvalue weighted by molar-refractivity contribution is 6.19. The molecule has 1 atom stereocenters.